The van der Waals surface area contributed by atoms with E-state index in [0.29, 0.717) is 17.8 Å². The molecule has 1 fully saturated rings. The molecule has 1 N–H and O–H groups in total. The van der Waals surface area contributed by atoms with Gasteiger partial charge in [-0.1, -0.05) is 44.2 Å². The summed E-state index contributed by atoms with van der Waals surface area (Å²) in [6, 6.07) is 13.5. The van der Waals surface area contributed by atoms with Crippen LogP contribution in [0.4, 0.5) is 11.4 Å². The second-order valence-electron chi connectivity index (χ2n) is 8.35. The molecule has 0 unspecified atom stereocenters. The number of carbonyl (C=O) groups excluding carboxylic acids is 4. The van der Waals surface area contributed by atoms with E-state index >= 15 is 0 Å². The highest BCUT2D eigenvalue weighted by molar-refractivity contribution is 6.22. The molecular formula is C26H26N2O5. The standard InChI is InChI=1S/C26H26N2O5/c1-3-17-8-4-5-10-21(17)27-22(29)15-33-26(32)18-11-13-19(14-12-18)28-24(30)20-9-6-7-16(2)23(20)25(28)31/h4-8,10-14,16,20,23H,3,9,15H2,1-2H3,(H,27,29)/t16-,20+,23+/m0/s1. The van der Waals surface area contributed by atoms with Crippen molar-refractivity contribution in [2.24, 2.45) is 17.8 Å². The van der Waals surface area contributed by atoms with Crippen LogP contribution in [-0.4, -0.2) is 30.3 Å². The summed E-state index contributed by atoms with van der Waals surface area (Å²) < 4.78 is 5.13. The molecule has 1 aliphatic heterocycles. The Morgan fingerprint density at radius 1 is 1.06 bits per heavy atom. The van der Waals surface area contributed by atoms with Crippen LogP contribution in [0.2, 0.25) is 0 Å². The third-order valence-electron chi connectivity index (χ3n) is 6.24. The fourth-order valence-corrected chi connectivity index (χ4v) is 4.50. The Hall–Kier alpha value is -3.74. The Labute approximate surface area is 192 Å². The molecule has 2 aliphatic rings. The van der Waals surface area contributed by atoms with Crippen LogP contribution < -0.4 is 10.2 Å². The summed E-state index contributed by atoms with van der Waals surface area (Å²) in [5, 5.41) is 2.75. The third kappa shape index (κ3) is 4.44. The van der Waals surface area contributed by atoms with E-state index < -0.39 is 18.5 Å². The maximum absolute atomic E-state index is 12.9. The van der Waals surface area contributed by atoms with Crippen molar-refractivity contribution in [2.45, 2.75) is 26.7 Å². The van der Waals surface area contributed by atoms with Gasteiger partial charge < -0.3 is 10.1 Å². The lowest BCUT2D eigenvalue weighted by molar-refractivity contribution is -0.123. The molecular weight excluding hydrogens is 420 g/mol. The average Bonchev–Trinajstić information content (AvgIpc) is 3.08. The normalized spacial score (nSPS) is 21.6. The highest BCUT2D eigenvalue weighted by Gasteiger charge is 2.50. The summed E-state index contributed by atoms with van der Waals surface area (Å²) in [6.45, 7) is 3.51. The summed E-state index contributed by atoms with van der Waals surface area (Å²) in [7, 11) is 0. The van der Waals surface area contributed by atoms with Gasteiger partial charge in [0.15, 0.2) is 6.61 Å². The first-order valence-corrected chi connectivity index (χ1v) is 11.1. The van der Waals surface area contributed by atoms with Crippen molar-refractivity contribution < 1.29 is 23.9 Å². The van der Waals surface area contributed by atoms with Gasteiger partial charge in [0.2, 0.25) is 11.8 Å². The van der Waals surface area contributed by atoms with E-state index in [0.717, 1.165) is 12.0 Å². The van der Waals surface area contributed by atoms with E-state index in [-0.39, 0.29) is 35.1 Å². The number of hydrogen-bond acceptors (Lipinski definition) is 5. The van der Waals surface area contributed by atoms with Crippen molar-refractivity contribution in [2.75, 3.05) is 16.8 Å². The smallest absolute Gasteiger partial charge is 0.338 e. The van der Waals surface area contributed by atoms with Gasteiger partial charge in [0.1, 0.15) is 0 Å². The number of esters is 1. The molecule has 1 aliphatic carbocycles. The van der Waals surface area contributed by atoms with Crippen molar-refractivity contribution in [1.82, 2.24) is 0 Å². The number of fused-ring (bicyclic) bond motifs is 1. The molecule has 0 saturated carbocycles. The molecule has 0 spiro atoms. The fourth-order valence-electron chi connectivity index (χ4n) is 4.50. The zero-order valence-corrected chi connectivity index (χ0v) is 18.6. The Bertz CT molecular complexity index is 1120. The van der Waals surface area contributed by atoms with Crippen LogP contribution in [0.25, 0.3) is 0 Å². The lowest BCUT2D eigenvalue weighted by atomic mass is 9.78. The SMILES string of the molecule is CCc1ccccc1NC(=O)COC(=O)c1ccc(N2C(=O)[C@@H]3[C@@H](C)C=CC[C@H]3C2=O)cc1. The lowest BCUT2D eigenvalue weighted by Gasteiger charge is -2.22. The first-order valence-electron chi connectivity index (χ1n) is 11.1. The maximum atomic E-state index is 12.9. The molecule has 2 aromatic carbocycles. The predicted octanol–water partition coefficient (Wildman–Crippen LogP) is 3.75. The molecule has 0 aromatic heterocycles. The number of benzene rings is 2. The highest BCUT2D eigenvalue weighted by Crippen LogP contribution is 2.40. The zero-order chi connectivity index (χ0) is 23.5. The largest absolute Gasteiger partial charge is 0.452 e. The van der Waals surface area contributed by atoms with Gasteiger partial charge in [-0.15, -0.1) is 0 Å². The molecule has 0 radical (unpaired) electrons. The van der Waals surface area contributed by atoms with E-state index in [1.807, 2.05) is 44.2 Å². The summed E-state index contributed by atoms with van der Waals surface area (Å²) >= 11 is 0. The zero-order valence-electron chi connectivity index (χ0n) is 18.6. The van der Waals surface area contributed by atoms with E-state index in [1.165, 1.54) is 17.0 Å². The number of nitrogens with zero attached hydrogens (tertiary/aromatic N) is 1. The minimum Gasteiger partial charge on any atom is -0.452 e. The highest BCUT2D eigenvalue weighted by atomic mass is 16.5. The molecule has 0 bridgehead atoms. The maximum Gasteiger partial charge on any atom is 0.338 e. The van der Waals surface area contributed by atoms with Crippen LogP contribution in [0, 0.1) is 17.8 Å². The Morgan fingerprint density at radius 3 is 2.48 bits per heavy atom. The van der Waals surface area contributed by atoms with E-state index in [1.54, 1.807) is 18.2 Å². The van der Waals surface area contributed by atoms with E-state index in [2.05, 4.69) is 5.32 Å². The molecule has 3 amide bonds. The Balaban J connectivity index is 1.37. The second kappa shape index (κ2) is 9.40. The third-order valence-corrected chi connectivity index (χ3v) is 6.24. The number of aryl methyl sites for hydroxylation is 1. The second-order valence-corrected chi connectivity index (χ2v) is 8.35. The average molecular weight is 447 g/mol. The molecule has 4 rings (SSSR count). The number of ether oxygens (including phenoxy) is 1. The number of hydrogen-bond donors (Lipinski definition) is 1. The Morgan fingerprint density at radius 2 is 1.79 bits per heavy atom. The monoisotopic (exact) mass is 446 g/mol. The van der Waals surface area contributed by atoms with Crippen molar-refractivity contribution in [3.05, 3.63) is 71.8 Å². The fraction of sp³-hybridized carbons (Fsp3) is 0.308. The van der Waals surface area contributed by atoms with Crippen LogP contribution in [0.3, 0.4) is 0 Å². The Kier molecular flexibility index (Phi) is 6.40. The first-order chi connectivity index (χ1) is 15.9. The van der Waals surface area contributed by atoms with Crippen molar-refractivity contribution >= 4 is 35.1 Å². The molecule has 1 saturated heterocycles. The van der Waals surface area contributed by atoms with Gasteiger partial charge in [-0.2, -0.15) is 0 Å². The number of nitrogens with one attached hydrogen (secondary N) is 1. The van der Waals surface area contributed by atoms with Crippen molar-refractivity contribution in [1.29, 1.82) is 0 Å². The van der Waals surface area contributed by atoms with Crippen LogP contribution in [0.5, 0.6) is 0 Å². The quantitative estimate of drug-likeness (QED) is 0.415. The van der Waals surface area contributed by atoms with E-state index in [4.69, 9.17) is 4.74 Å². The van der Waals surface area contributed by atoms with Crippen molar-refractivity contribution in [3.8, 4) is 0 Å². The first kappa shape index (κ1) is 22.5. The summed E-state index contributed by atoms with van der Waals surface area (Å²) in [5.41, 5.74) is 2.34. The summed E-state index contributed by atoms with van der Waals surface area (Å²) in [5.74, 6) is -2.18. The van der Waals surface area contributed by atoms with Gasteiger partial charge in [-0.3, -0.25) is 19.3 Å². The van der Waals surface area contributed by atoms with Gasteiger partial charge in [-0.05, 0) is 54.7 Å². The lowest BCUT2D eigenvalue weighted by Crippen LogP contribution is -2.31. The minimum absolute atomic E-state index is 0.00916. The van der Waals surface area contributed by atoms with Gasteiger partial charge in [0.25, 0.3) is 5.91 Å². The van der Waals surface area contributed by atoms with Gasteiger partial charge in [0, 0.05) is 5.69 Å². The topological polar surface area (TPSA) is 92.8 Å². The molecule has 170 valence electrons. The number of rotatable bonds is 6. The number of amides is 3. The predicted molar refractivity (Wildman–Crippen MR) is 124 cm³/mol. The van der Waals surface area contributed by atoms with E-state index in [9.17, 15) is 19.2 Å². The minimum atomic E-state index is -0.661. The number of para-hydroxylation sites is 1. The van der Waals surface area contributed by atoms with Gasteiger partial charge in [-0.25, -0.2) is 4.79 Å². The van der Waals surface area contributed by atoms with Gasteiger partial charge in [0.05, 0.1) is 23.1 Å². The number of anilines is 2. The molecule has 1 heterocycles. The summed E-state index contributed by atoms with van der Waals surface area (Å²) in [6.07, 6.45) is 5.26. The number of imide groups is 1. The molecule has 7 nitrogen and oxygen atoms in total. The molecule has 7 heteroatoms. The number of carbonyl (C=O) groups is 4. The number of allylic oxidation sites excluding steroid dienone is 2. The van der Waals surface area contributed by atoms with Crippen LogP contribution >= 0.6 is 0 Å². The summed E-state index contributed by atoms with van der Waals surface area (Å²) in [4.78, 5) is 51.5. The molecule has 33 heavy (non-hydrogen) atoms. The van der Waals surface area contributed by atoms with Crippen LogP contribution in [-0.2, 0) is 25.5 Å². The van der Waals surface area contributed by atoms with Gasteiger partial charge >= 0.3 is 5.97 Å². The molecule has 3 atom stereocenters. The van der Waals surface area contributed by atoms with Crippen molar-refractivity contribution in [3.63, 3.8) is 0 Å². The van der Waals surface area contributed by atoms with Crippen LogP contribution in [0.15, 0.2) is 60.7 Å². The van der Waals surface area contributed by atoms with Crippen LogP contribution in [0.1, 0.15) is 36.2 Å². The molecule has 2 aromatic rings.